The second-order valence-corrected chi connectivity index (χ2v) is 10.00. The van der Waals surface area contributed by atoms with Crippen LogP contribution in [0.2, 0.25) is 0 Å². The van der Waals surface area contributed by atoms with Crippen molar-refractivity contribution in [3.05, 3.63) is 48.8 Å². The van der Waals surface area contributed by atoms with E-state index in [1.54, 1.807) is 0 Å². The zero-order chi connectivity index (χ0) is 15.4. The fourth-order valence-corrected chi connectivity index (χ4v) is 4.62. The third-order valence-electron chi connectivity index (χ3n) is 3.39. The van der Waals surface area contributed by atoms with Crippen molar-refractivity contribution in [1.29, 1.82) is 0 Å². The van der Waals surface area contributed by atoms with E-state index in [9.17, 15) is 0 Å². The maximum absolute atomic E-state index is 4.25. The molecular formula is C16H22N3PbS. The molecule has 0 unspecified atom stereocenters. The first-order valence-electron chi connectivity index (χ1n) is 6.99. The fourth-order valence-electron chi connectivity index (χ4n) is 2.25. The van der Waals surface area contributed by atoms with Crippen LogP contribution in [0.25, 0.3) is 0 Å². The van der Waals surface area contributed by atoms with Gasteiger partial charge < -0.3 is 0 Å². The third kappa shape index (κ3) is 4.69. The molecule has 0 atom stereocenters. The van der Waals surface area contributed by atoms with E-state index in [2.05, 4.69) is 66.2 Å². The van der Waals surface area contributed by atoms with Gasteiger partial charge in [-0.3, -0.25) is 0 Å². The number of allylic oxidation sites excluding steroid dienone is 1. The van der Waals surface area contributed by atoms with Gasteiger partial charge in [-0.15, -0.1) is 0 Å². The minimum atomic E-state index is 0.861. The Kier molecular flexibility index (Phi) is 6.07. The molecular weight excluding hydrogens is 473 g/mol. The van der Waals surface area contributed by atoms with Crippen molar-refractivity contribution in [2.75, 3.05) is 45.2 Å². The van der Waals surface area contributed by atoms with Crippen LogP contribution in [0.4, 0.5) is 5.00 Å². The Balaban J connectivity index is 1.93. The molecule has 0 amide bonds. The first kappa shape index (κ1) is 16.8. The second-order valence-electron chi connectivity index (χ2n) is 5.43. The van der Waals surface area contributed by atoms with Crippen molar-refractivity contribution in [2.24, 2.45) is 0 Å². The van der Waals surface area contributed by atoms with E-state index in [1.165, 1.54) is 7.44 Å². The summed E-state index contributed by atoms with van der Waals surface area (Å²) in [4.78, 5) is 6.79. The van der Waals surface area contributed by atoms with Gasteiger partial charge in [0.15, 0.2) is 0 Å². The van der Waals surface area contributed by atoms with Crippen LogP contribution in [-0.2, 0) is 0 Å². The molecule has 0 bridgehead atoms. The standard InChI is InChI=1S/C16H22N3S.Pb/c1-14(7-5-9-17(3)4)18-10-11-19(15(2)13-18)16-8-6-12-20-16;/h5-8H,1-2,9-11,13H2,3-4H3;/b7-5+;. The molecule has 0 N–H and O–H groups in total. The molecule has 111 valence electrons. The van der Waals surface area contributed by atoms with E-state index in [1.807, 2.05) is 11.3 Å². The van der Waals surface area contributed by atoms with E-state index >= 15 is 0 Å². The van der Waals surface area contributed by atoms with Crippen molar-refractivity contribution in [3.63, 3.8) is 0 Å². The van der Waals surface area contributed by atoms with Crippen LogP contribution in [0.1, 0.15) is 0 Å². The summed E-state index contributed by atoms with van der Waals surface area (Å²) >= 11 is 3.02. The number of likely N-dealkylation sites (N-methyl/N-ethyl adjacent to an activating group) is 1. The van der Waals surface area contributed by atoms with E-state index in [0.717, 1.165) is 63.3 Å². The number of hydrogen-bond donors (Lipinski definition) is 0. The van der Waals surface area contributed by atoms with Gasteiger partial charge in [-0.1, -0.05) is 0 Å². The Morgan fingerprint density at radius 3 is 2.76 bits per heavy atom. The third-order valence-corrected chi connectivity index (χ3v) is 6.15. The van der Waals surface area contributed by atoms with Crippen LogP contribution in [0.5, 0.6) is 0 Å². The Bertz CT molecular complexity index is 547. The van der Waals surface area contributed by atoms with Crippen LogP contribution in [-0.4, -0.2) is 75.8 Å². The van der Waals surface area contributed by atoms with Gasteiger partial charge in [0.1, 0.15) is 0 Å². The van der Waals surface area contributed by atoms with Crippen molar-refractivity contribution < 1.29 is 0 Å². The molecule has 0 spiro atoms. The molecule has 1 aliphatic rings. The molecule has 1 aromatic rings. The minimum absolute atomic E-state index is 0.861. The zero-order valence-electron chi connectivity index (χ0n) is 12.8. The summed E-state index contributed by atoms with van der Waals surface area (Å²) in [5.74, 6) is 0. The average Bonchev–Trinajstić information content (AvgIpc) is 2.84. The second kappa shape index (κ2) is 7.60. The number of piperazine rings is 1. The molecule has 21 heavy (non-hydrogen) atoms. The summed E-state index contributed by atoms with van der Waals surface area (Å²) in [5.41, 5.74) is 2.24. The summed E-state index contributed by atoms with van der Waals surface area (Å²) in [7, 11) is 4.14. The fraction of sp³-hybridized carbons (Fsp3) is 0.375. The average molecular weight is 496 g/mol. The van der Waals surface area contributed by atoms with Gasteiger partial charge in [0.25, 0.3) is 0 Å². The summed E-state index contributed by atoms with van der Waals surface area (Å²) < 4.78 is 1.48. The SMILES string of the molecule is C=C(/C=C/CN(C)C)N1CCN(c2cc[c]([Pb])s2)C(=C)C1. The number of thiophene rings is 1. The predicted molar refractivity (Wildman–Crippen MR) is 94.6 cm³/mol. The number of hydrogen-bond acceptors (Lipinski definition) is 4. The van der Waals surface area contributed by atoms with Crippen LogP contribution in [0.15, 0.2) is 48.8 Å². The quantitative estimate of drug-likeness (QED) is 0.456. The zero-order valence-corrected chi connectivity index (χ0v) is 17.5. The molecule has 0 aliphatic carbocycles. The van der Waals surface area contributed by atoms with Crippen molar-refractivity contribution in [2.45, 2.75) is 0 Å². The molecule has 3 radical (unpaired) electrons. The molecule has 3 nitrogen and oxygen atoms in total. The van der Waals surface area contributed by atoms with E-state index < -0.39 is 0 Å². The van der Waals surface area contributed by atoms with E-state index in [4.69, 9.17) is 0 Å². The summed E-state index contributed by atoms with van der Waals surface area (Å²) in [6, 6.07) is 4.45. The normalized spacial score (nSPS) is 16.3. The van der Waals surface area contributed by atoms with Gasteiger partial charge in [0.2, 0.25) is 0 Å². The summed E-state index contributed by atoms with van der Waals surface area (Å²) in [6.45, 7) is 12.2. The first-order chi connectivity index (χ1) is 9.97. The Morgan fingerprint density at radius 1 is 1.43 bits per heavy atom. The summed E-state index contributed by atoms with van der Waals surface area (Å²) in [5, 5.41) is 1.33. The van der Waals surface area contributed by atoms with Crippen LogP contribution in [0, 0.1) is 0 Å². The molecule has 2 rings (SSSR count). The molecule has 0 saturated carbocycles. The molecule has 1 saturated heterocycles. The Morgan fingerprint density at radius 2 is 2.19 bits per heavy atom. The van der Waals surface area contributed by atoms with Gasteiger partial charge in [0.05, 0.1) is 0 Å². The van der Waals surface area contributed by atoms with Crippen molar-refractivity contribution in [3.8, 4) is 0 Å². The van der Waals surface area contributed by atoms with Crippen molar-refractivity contribution >= 4 is 44.5 Å². The number of anilines is 1. The van der Waals surface area contributed by atoms with E-state index in [-0.39, 0.29) is 0 Å². The number of nitrogens with zero attached hydrogens (tertiary/aromatic N) is 3. The van der Waals surface area contributed by atoms with Gasteiger partial charge in [0, 0.05) is 0 Å². The molecule has 1 aliphatic heterocycles. The molecule has 2 heterocycles. The Hall–Kier alpha value is -0.598. The predicted octanol–water partition coefficient (Wildman–Crippen LogP) is 1.81. The summed E-state index contributed by atoms with van der Waals surface area (Å²) in [6.07, 6.45) is 4.27. The van der Waals surface area contributed by atoms with Gasteiger partial charge >= 0.3 is 134 Å². The van der Waals surface area contributed by atoms with Crippen molar-refractivity contribution in [1.82, 2.24) is 9.80 Å². The Labute approximate surface area is 147 Å². The molecule has 5 heteroatoms. The number of rotatable bonds is 5. The first-order valence-corrected chi connectivity index (χ1v) is 9.75. The van der Waals surface area contributed by atoms with Gasteiger partial charge in [-0.2, -0.15) is 0 Å². The molecule has 1 fully saturated rings. The molecule has 1 aromatic heterocycles. The molecule has 0 aromatic carbocycles. The topological polar surface area (TPSA) is 9.72 Å². The van der Waals surface area contributed by atoms with E-state index in [0.29, 0.717) is 0 Å². The van der Waals surface area contributed by atoms with Gasteiger partial charge in [-0.05, 0) is 14.1 Å². The van der Waals surface area contributed by atoms with Crippen LogP contribution < -0.4 is 7.34 Å². The maximum atomic E-state index is 4.25. The monoisotopic (exact) mass is 496 g/mol. The van der Waals surface area contributed by atoms with Crippen LogP contribution in [0.3, 0.4) is 0 Å². The van der Waals surface area contributed by atoms with Crippen LogP contribution >= 0.6 is 11.3 Å². The van der Waals surface area contributed by atoms with Gasteiger partial charge in [-0.25, -0.2) is 0 Å².